The van der Waals surface area contributed by atoms with Gasteiger partial charge in [-0.25, -0.2) is 0 Å². The van der Waals surface area contributed by atoms with Gasteiger partial charge in [0, 0.05) is 29.8 Å². The van der Waals surface area contributed by atoms with Gasteiger partial charge in [-0.2, -0.15) is 0 Å². The van der Waals surface area contributed by atoms with Crippen molar-refractivity contribution in [2.24, 2.45) is 35.5 Å². The first-order chi connectivity index (χ1) is 17.3. The standard InChI is InChI=1S/6C4H8O2.Hf.H2O.2O/c6*1-3(2)4(5)6;;;;/h6*3H,1-2H3,(H,5,6);;1H2;;/p-5. The van der Waals surface area contributed by atoms with Crippen molar-refractivity contribution in [2.45, 2.75) is 83.1 Å². The molecule has 0 aromatic heterocycles. The summed E-state index contributed by atoms with van der Waals surface area (Å²) in [5.41, 5.74) is 0. The molecule has 0 aliphatic carbocycles. The van der Waals surface area contributed by atoms with Crippen LogP contribution in [-0.4, -0.2) is 46.4 Å². The van der Waals surface area contributed by atoms with Crippen molar-refractivity contribution in [1.82, 2.24) is 0 Å². The van der Waals surface area contributed by atoms with E-state index in [1.165, 1.54) is 0 Å². The number of carbonyl (C=O) groups excluding carboxylic acids is 5. The number of carboxylic acid groups (broad SMARTS) is 6. The van der Waals surface area contributed by atoms with Gasteiger partial charge in [0.05, 0.1) is 5.92 Å². The fourth-order valence-electron chi connectivity index (χ4n) is 0. The summed E-state index contributed by atoms with van der Waals surface area (Å²) in [5.74, 6) is -7.64. The van der Waals surface area contributed by atoms with Crippen LogP contribution in [0.5, 0.6) is 0 Å². The third-order valence-corrected chi connectivity index (χ3v) is 2.85. The van der Waals surface area contributed by atoms with E-state index in [2.05, 4.69) is 0 Å². The zero-order valence-corrected chi connectivity index (χ0v) is 28.8. The van der Waals surface area contributed by atoms with Crippen LogP contribution in [0, 0.1) is 35.5 Å². The summed E-state index contributed by atoms with van der Waals surface area (Å²) >= 11 is -2.42. The van der Waals surface area contributed by atoms with E-state index in [-0.39, 0.29) is 41.0 Å². The molecule has 0 saturated heterocycles. The SMILES string of the molecule is CC(C)C(=O)O.CC(C)C(=O)[O-].CC(C)C(=O)[O-].CC(C)C(=O)[O-].CC(C)C(=O)[O-].CC(C)C(=O)[O-].O.[O]=[Hf]=[O]. The summed E-state index contributed by atoms with van der Waals surface area (Å²) in [6, 6.07) is 0. The van der Waals surface area contributed by atoms with Gasteiger partial charge in [-0.05, 0) is 29.6 Å². The number of hydrogen-bond acceptors (Lipinski definition) is 13. The van der Waals surface area contributed by atoms with E-state index in [0.717, 1.165) is 0 Å². The van der Waals surface area contributed by atoms with Gasteiger partial charge in [-0.15, -0.1) is 0 Å². The van der Waals surface area contributed by atoms with Crippen LogP contribution in [0.2, 0.25) is 0 Å². The molecule has 0 unspecified atom stereocenters. The number of rotatable bonds is 6. The van der Waals surface area contributed by atoms with Crippen LogP contribution >= 0.6 is 0 Å². The molecule has 15 nitrogen and oxygen atoms in total. The van der Waals surface area contributed by atoms with Crippen molar-refractivity contribution >= 4 is 35.8 Å². The van der Waals surface area contributed by atoms with Gasteiger partial charge in [0.2, 0.25) is 0 Å². The summed E-state index contributed by atoms with van der Waals surface area (Å²) in [6.45, 7) is 19.1. The van der Waals surface area contributed by atoms with E-state index in [4.69, 9.17) is 10.8 Å². The van der Waals surface area contributed by atoms with Gasteiger partial charge < -0.3 is 60.1 Å². The molecular formula is C24H45HfO15-5. The van der Waals surface area contributed by atoms with E-state index in [1.54, 1.807) is 83.1 Å². The average Bonchev–Trinajstić information content (AvgIpc) is 2.75. The predicted octanol–water partition coefficient (Wildman–Crippen LogP) is -3.38. The van der Waals surface area contributed by atoms with Gasteiger partial charge in [-0.3, -0.25) is 4.79 Å². The summed E-state index contributed by atoms with van der Waals surface area (Å²) in [6.07, 6.45) is 0. The van der Waals surface area contributed by atoms with Crippen LogP contribution in [0.15, 0.2) is 0 Å². The quantitative estimate of drug-likeness (QED) is 0.259. The molecule has 240 valence electrons. The molecule has 0 saturated carbocycles. The molecule has 0 heterocycles. The molecule has 16 heteroatoms. The summed E-state index contributed by atoms with van der Waals surface area (Å²) in [5, 5.41) is 55.9. The molecule has 0 radical (unpaired) electrons. The number of aliphatic carboxylic acids is 6. The van der Waals surface area contributed by atoms with Crippen LogP contribution in [-0.2, 0) is 57.4 Å². The van der Waals surface area contributed by atoms with Crippen LogP contribution in [0.3, 0.4) is 0 Å². The molecule has 0 aliphatic heterocycles. The van der Waals surface area contributed by atoms with Gasteiger partial charge in [0.1, 0.15) is 0 Å². The van der Waals surface area contributed by atoms with Crippen molar-refractivity contribution in [3.63, 3.8) is 0 Å². The van der Waals surface area contributed by atoms with Crippen molar-refractivity contribution in [3.05, 3.63) is 0 Å². The van der Waals surface area contributed by atoms with E-state index in [9.17, 15) is 54.3 Å². The second-order valence-corrected chi connectivity index (χ2v) is 9.54. The fraction of sp³-hybridized carbons (Fsp3) is 0.750. The van der Waals surface area contributed by atoms with Crippen molar-refractivity contribution < 1.29 is 93.5 Å². The second kappa shape index (κ2) is 38.4. The zero-order valence-electron chi connectivity index (χ0n) is 25.2. The molecule has 0 spiro atoms. The molecule has 0 fully saturated rings. The molecular weight excluding hydrogens is 707 g/mol. The van der Waals surface area contributed by atoms with Gasteiger partial charge >= 0.3 is 34.6 Å². The number of carboxylic acids is 6. The van der Waals surface area contributed by atoms with Gasteiger partial charge in [-0.1, -0.05) is 83.1 Å². The number of carbonyl (C=O) groups is 6. The van der Waals surface area contributed by atoms with Crippen molar-refractivity contribution in [2.75, 3.05) is 0 Å². The van der Waals surface area contributed by atoms with Crippen LogP contribution < -0.4 is 25.5 Å². The first-order valence-electron chi connectivity index (χ1n) is 11.5. The molecule has 0 amide bonds. The summed E-state index contributed by atoms with van der Waals surface area (Å²) < 4.78 is 17.1. The number of hydrogen-bond donors (Lipinski definition) is 1. The Kier molecular flexibility index (Phi) is 54.9. The van der Waals surface area contributed by atoms with Gasteiger partial charge in [0.15, 0.2) is 0 Å². The third kappa shape index (κ3) is 91.6. The molecule has 0 aromatic carbocycles. The fourth-order valence-corrected chi connectivity index (χ4v) is 0. The van der Waals surface area contributed by atoms with Crippen LogP contribution in [0.4, 0.5) is 0 Å². The van der Waals surface area contributed by atoms with Crippen molar-refractivity contribution in [1.29, 1.82) is 0 Å². The molecule has 3 N–H and O–H groups in total. The molecule has 0 atom stereocenters. The van der Waals surface area contributed by atoms with Crippen molar-refractivity contribution in [3.8, 4) is 0 Å². The van der Waals surface area contributed by atoms with Gasteiger partial charge in [0.25, 0.3) is 0 Å². The Hall–Kier alpha value is -2.75. The van der Waals surface area contributed by atoms with Crippen LogP contribution in [0.25, 0.3) is 0 Å². The summed E-state index contributed by atoms with van der Waals surface area (Å²) in [4.78, 5) is 57.6. The molecule has 0 aromatic rings. The minimum atomic E-state index is -2.42. The normalized spacial score (nSPS) is 8.45. The Bertz CT molecular complexity index is 567. The molecule has 0 rings (SSSR count). The van der Waals surface area contributed by atoms with E-state index in [1.807, 2.05) is 0 Å². The Labute approximate surface area is 247 Å². The summed E-state index contributed by atoms with van der Waals surface area (Å²) in [7, 11) is 0. The molecule has 0 aliphatic rings. The predicted molar refractivity (Wildman–Crippen MR) is 127 cm³/mol. The zero-order chi connectivity index (χ0) is 33.6. The molecule has 40 heavy (non-hydrogen) atoms. The second-order valence-electron chi connectivity index (χ2n) is 8.94. The van der Waals surface area contributed by atoms with E-state index >= 15 is 0 Å². The first kappa shape index (κ1) is 57.2. The Morgan fingerprint density at radius 1 is 0.425 bits per heavy atom. The average molecular weight is 752 g/mol. The van der Waals surface area contributed by atoms with Crippen LogP contribution in [0.1, 0.15) is 83.1 Å². The topological polar surface area (TPSA) is 304 Å². The maximum atomic E-state index is 9.70. The Morgan fingerprint density at radius 3 is 0.475 bits per heavy atom. The monoisotopic (exact) mass is 753 g/mol. The van der Waals surface area contributed by atoms with E-state index < -0.39 is 58.7 Å². The Morgan fingerprint density at radius 2 is 0.475 bits per heavy atom. The first-order valence-corrected chi connectivity index (χ1v) is 14.5. The molecule has 0 bridgehead atoms. The maximum absolute atomic E-state index is 9.70. The van der Waals surface area contributed by atoms with E-state index in [0.29, 0.717) is 0 Å². The minimum absolute atomic E-state index is 0. The third-order valence-electron chi connectivity index (χ3n) is 2.85. The Balaban J connectivity index is -0.0000000499.